The van der Waals surface area contributed by atoms with E-state index in [9.17, 15) is 5.11 Å². The molecule has 0 saturated heterocycles. The highest BCUT2D eigenvalue weighted by Gasteiger charge is 2.50. The van der Waals surface area contributed by atoms with Crippen LogP contribution in [-0.4, -0.2) is 11.2 Å². The minimum Gasteiger partial charge on any atom is -0.393 e. The number of aliphatic hydroxyl groups excluding tert-OH is 1. The monoisotopic (exact) mass is 398 g/mol. The van der Waals surface area contributed by atoms with Gasteiger partial charge in [0.25, 0.3) is 0 Å². The molecule has 3 aliphatic carbocycles. The Balaban J connectivity index is 1.74. The first kappa shape index (κ1) is 22.9. The summed E-state index contributed by atoms with van der Waals surface area (Å²) in [5.74, 6) is 4.29. The molecule has 0 spiro atoms. The quantitative estimate of drug-likeness (QED) is 0.470. The zero-order valence-electron chi connectivity index (χ0n) is 20.0. The van der Waals surface area contributed by atoms with E-state index in [2.05, 4.69) is 65.8 Å². The molecule has 164 valence electrons. The van der Waals surface area contributed by atoms with Gasteiger partial charge in [0.05, 0.1) is 6.10 Å². The molecule has 0 radical (unpaired) electrons. The summed E-state index contributed by atoms with van der Waals surface area (Å²) in [5.41, 5.74) is 3.63. The maximum absolute atomic E-state index is 10.1. The fourth-order valence-electron chi connectivity index (χ4n) is 6.50. The Hall–Kier alpha value is -0.820. The Morgan fingerprint density at radius 2 is 1.69 bits per heavy atom. The highest BCUT2D eigenvalue weighted by Crippen LogP contribution is 2.59. The SMILES string of the molecule is CC1CC[C@H](O)C/C1=C/C=C1\CCC[C@]2(C)[C@@H](C(C)/C=C/C(C)C(C)C)CC[C@@H]12. The normalized spacial score (nSPS) is 40.7. The average Bonchev–Trinajstić information content (AvgIpc) is 3.04. The summed E-state index contributed by atoms with van der Waals surface area (Å²) in [4.78, 5) is 0. The van der Waals surface area contributed by atoms with Crippen molar-refractivity contribution in [2.75, 3.05) is 0 Å². The van der Waals surface area contributed by atoms with Gasteiger partial charge >= 0.3 is 0 Å². The molecule has 0 aromatic rings. The standard InChI is InChI=1S/C28H46O/c1-19(2)20(3)9-10-22(5)26-15-16-27-23(8-7-17-28(26,27)6)12-13-24-18-25(29)14-11-21(24)4/h9-10,12-13,19-22,25-27,29H,7-8,11,14-18H2,1-6H3/b10-9+,23-12+,24-13-/t20?,21?,22?,25-,26+,27-,28+/m0/s1. The third-order valence-corrected chi connectivity index (χ3v) is 8.99. The van der Waals surface area contributed by atoms with Crippen LogP contribution in [-0.2, 0) is 0 Å². The second-order valence-corrected chi connectivity index (χ2v) is 11.3. The molecule has 3 saturated carbocycles. The van der Waals surface area contributed by atoms with Crippen LogP contribution in [0.25, 0.3) is 0 Å². The number of hydrogen-bond acceptors (Lipinski definition) is 1. The number of fused-ring (bicyclic) bond motifs is 1. The van der Waals surface area contributed by atoms with Gasteiger partial charge in [-0.3, -0.25) is 0 Å². The third-order valence-electron chi connectivity index (χ3n) is 8.99. The summed E-state index contributed by atoms with van der Waals surface area (Å²) in [7, 11) is 0. The van der Waals surface area contributed by atoms with Crippen molar-refractivity contribution in [3.05, 3.63) is 35.5 Å². The van der Waals surface area contributed by atoms with E-state index in [1.807, 2.05) is 0 Å². The molecule has 0 aliphatic heterocycles. The molecule has 3 fully saturated rings. The van der Waals surface area contributed by atoms with Crippen molar-refractivity contribution in [1.82, 2.24) is 0 Å². The molecule has 1 nitrogen and oxygen atoms in total. The number of allylic oxidation sites excluding steroid dienone is 5. The van der Waals surface area contributed by atoms with E-state index in [0.29, 0.717) is 23.2 Å². The number of hydrogen-bond donors (Lipinski definition) is 1. The lowest BCUT2D eigenvalue weighted by Gasteiger charge is -2.44. The minimum atomic E-state index is -0.121. The van der Waals surface area contributed by atoms with Gasteiger partial charge in [-0.1, -0.05) is 77.0 Å². The Kier molecular flexibility index (Phi) is 7.52. The van der Waals surface area contributed by atoms with Crippen LogP contribution in [0.3, 0.4) is 0 Å². The molecule has 3 rings (SSSR count). The molecule has 29 heavy (non-hydrogen) atoms. The number of aliphatic hydroxyl groups is 1. The molecule has 0 heterocycles. The van der Waals surface area contributed by atoms with Crippen LogP contribution in [0.15, 0.2) is 35.5 Å². The van der Waals surface area contributed by atoms with Crippen molar-refractivity contribution in [2.45, 2.75) is 99.0 Å². The third kappa shape index (κ3) is 5.09. The average molecular weight is 399 g/mol. The van der Waals surface area contributed by atoms with Crippen LogP contribution >= 0.6 is 0 Å². The molecule has 0 aromatic carbocycles. The number of rotatable bonds is 5. The Labute approximate surface area is 180 Å². The summed E-state index contributed by atoms with van der Waals surface area (Å²) in [6, 6.07) is 0. The summed E-state index contributed by atoms with van der Waals surface area (Å²) in [6.45, 7) is 14.4. The zero-order valence-corrected chi connectivity index (χ0v) is 20.0. The van der Waals surface area contributed by atoms with Gasteiger partial charge in [-0.05, 0) is 92.3 Å². The van der Waals surface area contributed by atoms with Crippen molar-refractivity contribution in [3.63, 3.8) is 0 Å². The van der Waals surface area contributed by atoms with Gasteiger partial charge in [-0.15, -0.1) is 0 Å². The van der Waals surface area contributed by atoms with E-state index in [1.165, 1.54) is 37.7 Å². The summed E-state index contributed by atoms with van der Waals surface area (Å²) < 4.78 is 0. The van der Waals surface area contributed by atoms with Crippen LogP contribution in [0, 0.1) is 40.9 Å². The molecule has 0 bridgehead atoms. The Morgan fingerprint density at radius 3 is 2.41 bits per heavy atom. The van der Waals surface area contributed by atoms with Crippen molar-refractivity contribution < 1.29 is 5.11 Å². The van der Waals surface area contributed by atoms with Crippen LogP contribution in [0.2, 0.25) is 0 Å². The molecule has 0 aromatic heterocycles. The molecular formula is C28H46O. The van der Waals surface area contributed by atoms with Crippen molar-refractivity contribution in [3.8, 4) is 0 Å². The van der Waals surface area contributed by atoms with Crippen molar-refractivity contribution in [1.29, 1.82) is 0 Å². The molecule has 1 heteroatoms. The van der Waals surface area contributed by atoms with Crippen LogP contribution in [0.5, 0.6) is 0 Å². The fraction of sp³-hybridized carbons (Fsp3) is 0.786. The van der Waals surface area contributed by atoms with Gasteiger partial charge in [-0.25, -0.2) is 0 Å². The van der Waals surface area contributed by atoms with Gasteiger partial charge in [-0.2, -0.15) is 0 Å². The van der Waals surface area contributed by atoms with Gasteiger partial charge in [0.15, 0.2) is 0 Å². The maximum atomic E-state index is 10.1. The second kappa shape index (κ2) is 9.54. The first-order valence-electron chi connectivity index (χ1n) is 12.5. The second-order valence-electron chi connectivity index (χ2n) is 11.3. The molecule has 3 aliphatic rings. The van der Waals surface area contributed by atoms with Crippen LogP contribution in [0.4, 0.5) is 0 Å². The van der Waals surface area contributed by atoms with Crippen molar-refractivity contribution >= 4 is 0 Å². The topological polar surface area (TPSA) is 20.2 Å². The van der Waals surface area contributed by atoms with E-state index < -0.39 is 0 Å². The molecule has 7 atom stereocenters. The van der Waals surface area contributed by atoms with E-state index in [4.69, 9.17) is 0 Å². The first-order valence-corrected chi connectivity index (χ1v) is 12.5. The predicted molar refractivity (Wildman–Crippen MR) is 126 cm³/mol. The van der Waals surface area contributed by atoms with Crippen LogP contribution < -0.4 is 0 Å². The summed E-state index contributed by atoms with van der Waals surface area (Å²) in [5, 5.41) is 10.1. The first-order chi connectivity index (χ1) is 13.7. The van der Waals surface area contributed by atoms with E-state index in [0.717, 1.165) is 37.0 Å². The lowest BCUT2D eigenvalue weighted by atomic mass is 9.61. The summed E-state index contributed by atoms with van der Waals surface area (Å²) in [6.07, 6.45) is 19.5. The lowest BCUT2D eigenvalue weighted by Crippen LogP contribution is -2.35. The van der Waals surface area contributed by atoms with E-state index >= 15 is 0 Å². The van der Waals surface area contributed by atoms with Crippen molar-refractivity contribution in [2.24, 2.45) is 40.9 Å². The minimum absolute atomic E-state index is 0.121. The van der Waals surface area contributed by atoms with E-state index in [-0.39, 0.29) is 6.10 Å². The molecule has 1 N–H and O–H groups in total. The maximum Gasteiger partial charge on any atom is 0.0577 e. The van der Waals surface area contributed by atoms with Crippen LogP contribution in [0.1, 0.15) is 92.9 Å². The summed E-state index contributed by atoms with van der Waals surface area (Å²) >= 11 is 0. The van der Waals surface area contributed by atoms with Gasteiger partial charge in [0.2, 0.25) is 0 Å². The zero-order chi connectivity index (χ0) is 21.2. The fourth-order valence-corrected chi connectivity index (χ4v) is 6.50. The Morgan fingerprint density at radius 1 is 0.966 bits per heavy atom. The van der Waals surface area contributed by atoms with Gasteiger partial charge in [0.1, 0.15) is 0 Å². The molecule has 0 amide bonds. The van der Waals surface area contributed by atoms with E-state index in [1.54, 1.807) is 5.57 Å². The highest BCUT2D eigenvalue weighted by atomic mass is 16.3. The Bertz CT molecular complexity index is 639. The predicted octanol–water partition coefficient (Wildman–Crippen LogP) is 7.72. The highest BCUT2D eigenvalue weighted by molar-refractivity contribution is 5.27. The molecule has 3 unspecified atom stereocenters. The van der Waals surface area contributed by atoms with Gasteiger partial charge in [0, 0.05) is 0 Å². The molecular weight excluding hydrogens is 352 g/mol. The smallest absolute Gasteiger partial charge is 0.0577 e. The lowest BCUT2D eigenvalue weighted by molar-refractivity contribution is 0.112. The largest absolute Gasteiger partial charge is 0.393 e. The van der Waals surface area contributed by atoms with Gasteiger partial charge < -0.3 is 5.11 Å².